The highest BCUT2D eigenvalue weighted by molar-refractivity contribution is 5.97. The summed E-state index contributed by atoms with van der Waals surface area (Å²) in [6, 6.07) is 6.42. The highest BCUT2D eigenvalue weighted by atomic mass is 19.4. The summed E-state index contributed by atoms with van der Waals surface area (Å²) in [6.07, 6.45) is -0.729. The van der Waals surface area contributed by atoms with Crippen molar-refractivity contribution in [3.8, 4) is 11.4 Å². The first-order valence-electron chi connectivity index (χ1n) is 12.3. The molecule has 3 fully saturated rings. The van der Waals surface area contributed by atoms with Crippen LogP contribution in [0.1, 0.15) is 66.7 Å². The summed E-state index contributed by atoms with van der Waals surface area (Å²) in [5.74, 6) is -0.223. The molecule has 0 bridgehead atoms. The van der Waals surface area contributed by atoms with E-state index in [1.54, 1.807) is 17.7 Å². The van der Waals surface area contributed by atoms with E-state index < -0.39 is 6.36 Å². The van der Waals surface area contributed by atoms with Gasteiger partial charge in [-0.3, -0.25) is 9.69 Å². The van der Waals surface area contributed by atoms with E-state index in [-0.39, 0.29) is 23.7 Å². The molecule has 2 aliphatic heterocycles. The third kappa shape index (κ3) is 5.04. The lowest BCUT2D eigenvalue weighted by Crippen LogP contribution is -2.48. The lowest BCUT2D eigenvalue weighted by molar-refractivity contribution is -0.274. The second-order valence-electron chi connectivity index (χ2n) is 10.0. The van der Waals surface area contributed by atoms with Gasteiger partial charge in [-0.1, -0.05) is 6.07 Å². The molecule has 3 aliphatic rings. The number of hydrogen-bond donors (Lipinski definition) is 1. The third-order valence-electron chi connectivity index (χ3n) is 7.39. The number of aliphatic hydroxyl groups is 1. The molecule has 190 valence electrons. The lowest BCUT2D eigenvalue weighted by atomic mass is 10.0. The maximum atomic E-state index is 13.7. The van der Waals surface area contributed by atoms with Crippen LogP contribution in [-0.4, -0.2) is 74.8 Å². The maximum absolute atomic E-state index is 13.7. The van der Waals surface area contributed by atoms with Gasteiger partial charge in [-0.15, -0.1) is 13.2 Å². The number of hydrogen-bond acceptors (Lipinski definition) is 5. The Bertz CT molecular complexity index is 1090. The molecule has 2 aromatic rings. The molecule has 1 aromatic carbocycles. The summed E-state index contributed by atoms with van der Waals surface area (Å²) in [7, 11) is 0. The van der Waals surface area contributed by atoms with Gasteiger partial charge in [0.2, 0.25) is 0 Å². The van der Waals surface area contributed by atoms with Crippen LogP contribution >= 0.6 is 0 Å². The smallest absolute Gasteiger partial charge is 0.406 e. The first-order chi connectivity index (χ1) is 16.6. The summed E-state index contributed by atoms with van der Waals surface area (Å²) >= 11 is 0. The van der Waals surface area contributed by atoms with Crippen LogP contribution in [0.25, 0.3) is 5.69 Å². The number of amides is 1. The molecule has 0 spiro atoms. The molecule has 1 N–H and O–H groups in total. The van der Waals surface area contributed by atoms with Crippen LogP contribution < -0.4 is 4.74 Å². The zero-order valence-electron chi connectivity index (χ0n) is 20.0. The van der Waals surface area contributed by atoms with E-state index in [9.17, 15) is 23.1 Å². The minimum atomic E-state index is -4.78. The lowest BCUT2D eigenvalue weighted by Gasteiger charge is -2.38. The molecule has 0 radical (unpaired) electrons. The molecule has 3 heterocycles. The van der Waals surface area contributed by atoms with Gasteiger partial charge in [0.1, 0.15) is 5.75 Å². The second kappa shape index (κ2) is 9.13. The molecule has 1 aliphatic carbocycles. The van der Waals surface area contributed by atoms with E-state index >= 15 is 0 Å². The van der Waals surface area contributed by atoms with E-state index in [1.165, 1.54) is 18.2 Å². The van der Waals surface area contributed by atoms with E-state index in [4.69, 9.17) is 0 Å². The van der Waals surface area contributed by atoms with E-state index in [1.807, 2.05) is 4.90 Å². The predicted octanol–water partition coefficient (Wildman–Crippen LogP) is 4.02. The van der Waals surface area contributed by atoms with Crippen molar-refractivity contribution in [2.24, 2.45) is 0 Å². The fourth-order valence-electron chi connectivity index (χ4n) is 5.65. The van der Waals surface area contributed by atoms with Crippen molar-refractivity contribution in [3.63, 3.8) is 0 Å². The van der Waals surface area contributed by atoms with E-state index in [2.05, 4.69) is 21.7 Å². The van der Waals surface area contributed by atoms with Crippen LogP contribution in [-0.2, 0) is 0 Å². The number of carbonyl (C=O) groups excluding carboxylic acids is 1. The van der Waals surface area contributed by atoms with Gasteiger partial charge in [0.15, 0.2) is 0 Å². The number of benzene rings is 1. The number of aryl methyl sites for hydroxylation is 1. The standard InChI is InChI=1S/C25H31F3N4O3/c1-15-12-20(33)14-31(15)18-8-10-30(11-9-18)24(34)22-16(2)29-32(23(22)17-6-7-17)19-4-3-5-21(13-19)35-25(26,27)28/h3-5,13,15,17-18,20,33H,6-12,14H2,1-2H3/t15-,20-/m0/s1. The van der Waals surface area contributed by atoms with Crippen molar-refractivity contribution in [1.82, 2.24) is 19.6 Å². The van der Waals surface area contributed by atoms with Crippen molar-refractivity contribution < 1.29 is 27.8 Å². The average molecular weight is 493 g/mol. The predicted molar refractivity (Wildman–Crippen MR) is 123 cm³/mol. The van der Waals surface area contributed by atoms with Crippen molar-refractivity contribution in [2.45, 2.75) is 76.4 Å². The molecule has 1 saturated carbocycles. The Labute approximate surface area is 202 Å². The number of aromatic nitrogens is 2. The number of halogens is 3. The summed E-state index contributed by atoms with van der Waals surface area (Å²) in [5.41, 5.74) is 2.36. The fourth-order valence-corrected chi connectivity index (χ4v) is 5.65. The van der Waals surface area contributed by atoms with Crippen LogP contribution in [0, 0.1) is 6.92 Å². The monoisotopic (exact) mass is 492 g/mol. The molecule has 1 aromatic heterocycles. The normalized spacial score (nSPS) is 24.2. The van der Waals surface area contributed by atoms with Gasteiger partial charge in [0.25, 0.3) is 5.91 Å². The Morgan fingerprint density at radius 3 is 2.49 bits per heavy atom. The van der Waals surface area contributed by atoms with Gasteiger partial charge in [-0.2, -0.15) is 5.10 Å². The van der Waals surface area contributed by atoms with Crippen LogP contribution in [0.3, 0.4) is 0 Å². The molecule has 2 atom stereocenters. The van der Waals surface area contributed by atoms with Crippen LogP contribution in [0.15, 0.2) is 24.3 Å². The van der Waals surface area contributed by atoms with Gasteiger partial charge < -0.3 is 14.7 Å². The molecule has 35 heavy (non-hydrogen) atoms. The summed E-state index contributed by atoms with van der Waals surface area (Å²) in [4.78, 5) is 17.9. The first-order valence-corrected chi connectivity index (χ1v) is 12.3. The highest BCUT2D eigenvalue weighted by Crippen LogP contribution is 2.44. The number of alkyl halides is 3. The zero-order valence-corrected chi connectivity index (χ0v) is 20.0. The van der Waals surface area contributed by atoms with Crippen LogP contribution in [0.5, 0.6) is 5.75 Å². The number of piperidine rings is 1. The number of likely N-dealkylation sites (tertiary alicyclic amines) is 2. The third-order valence-corrected chi connectivity index (χ3v) is 7.39. The van der Waals surface area contributed by atoms with Crippen LogP contribution in [0.4, 0.5) is 13.2 Å². The Morgan fingerprint density at radius 1 is 1.17 bits per heavy atom. The molecule has 2 saturated heterocycles. The van der Waals surface area contributed by atoms with Crippen molar-refractivity contribution >= 4 is 5.91 Å². The number of aliphatic hydroxyl groups excluding tert-OH is 1. The van der Waals surface area contributed by atoms with E-state index in [0.717, 1.165) is 37.8 Å². The number of ether oxygens (including phenoxy) is 1. The zero-order chi connectivity index (χ0) is 24.9. The molecule has 7 nitrogen and oxygen atoms in total. The summed E-state index contributed by atoms with van der Waals surface area (Å²) < 4.78 is 43.9. The number of rotatable bonds is 5. The Balaban J connectivity index is 1.37. The average Bonchev–Trinajstić information content (AvgIpc) is 3.50. The maximum Gasteiger partial charge on any atom is 0.573 e. The van der Waals surface area contributed by atoms with Crippen molar-refractivity contribution in [1.29, 1.82) is 0 Å². The van der Waals surface area contributed by atoms with Gasteiger partial charge >= 0.3 is 6.36 Å². The number of β-amino-alcohol motifs (C(OH)–C–C–N with tert-alkyl or cyclic N) is 1. The minimum absolute atomic E-state index is 0.0636. The Morgan fingerprint density at radius 2 is 1.89 bits per heavy atom. The highest BCUT2D eigenvalue weighted by Gasteiger charge is 2.39. The largest absolute Gasteiger partial charge is 0.573 e. The summed E-state index contributed by atoms with van der Waals surface area (Å²) in [6.45, 7) is 5.88. The van der Waals surface area contributed by atoms with Crippen LogP contribution in [0.2, 0.25) is 0 Å². The number of carbonyl (C=O) groups is 1. The molecule has 1 amide bonds. The van der Waals surface area contributed by atoms with Crippen molar-refractivity contribution in [2.75, 3.05) is 19.6 Å². The van der Waals surface area contributed by atoms with Gasteiger partial charge in [0, 0.05) is 43.7 Å². The van der Waals surface area contributed by atoms with Gasteiger partial charge in [-0.05, 0) is 58.1 Å². The Hall–Kier alpha value is -2.59. The fraction of sp³-hybridized carbons (Fsp3) is 0.600. The summed E-state index contributed by atoms with van der Waals surface area (Å²) in [5, 5.41) is 14.6. The number of nitrogens with zero attached hydrogens (tertiary/aromatic N) is 4. The molecular weight excluding hydrogens is 461 g/mol. The minimum Gasteiger partial charge on any atom is -0.406 e. The molecule has 0 unspecified atom stereocenters. The SMILES string of the molecule is Cc1nn(-c2cccc(OC(F)(F)F)c2)c(C2CC2)c1C(=O)N1CCC(N2C[C@@H](O)C[C@@H]2C)CC1. The topological polar surface area (TPSA) is 70.8 Å². The van der Waals surface area contributed by atoms with E-state index in [0.29, 0.717) is 48.7 Å². The first kappa shape index (κ1) is 24.1. The quantitative estimate of drug-likeness (QED) is 0.683. The molecular formula is C25H31F3N4O3. The Kier molecular flexibility index (Phi) is 6.29. The molecule has 10 heteroatoms. The molecule has 5 rings (SSSR count). The van der Waals surface area contributed by atoms with Gasteiger partial charge in [0.05, 0.1) is 28.7 Å². The van der Waals surface area contributed by atoms with Crippen molar-refractivity contribution in [3.05, 3.63) is 41.2 Å². The van der Waals surface area contributed by atoms with Gasteiger partial charge in [-0.25, -0.2) is 4.68 Å². The second-order valence-corrected chi connectivity index (χ2v) is 10.0.